The molecule has 0 heterocycles. The average Bonchev–Trinajstić information content (AvgIpc) is 2.90. The summed E-state index contributed by atoms with van der Waals surface area (Å²) in [4.78, 5) is 1.01. The molecule has 2 nitrogen and oxygen atoms in total. The summed E-state index contributed by atoms with van der Waals surface area (Å²) >= 11 is 0. The van der Waals surface area contributed by atoms with Crippen molar-refractivity contribution in [2.45, 2.75) is 56.9 Å². The highest BCUT2D eigenvalue weighted by Gasteiger charge is 2.15. The van der Waals surface area contributed by atoms with Crippen LogP contribution in [0.25, 0.3) is 0 Å². The minimum atomic E-state index is -0.872. The third-order valence-electron chi connectivity index (χ3n) is 3.86. The maximum absolute atomic E-state index is 12.4. The van der Waals surface area contributed by atoms with E-state index in [1.807, 2.05) is 0 Å². The van der Waals surface area contributed by atoms with Crippen LogP contribution in [0.2, 0.25) is 0 Å². The van der Waals surface area contributed by atoms with Crippen LogP contribution in [0.4, 0.5) is 0 Å². The highest BCUT2D eigenvalue weighted by Crippen LogP contribution is 2.24. The normalized spacial score (nSPS) is 17.2. The number of hydrogen-bond acceptors (Lipinski definition) is 2. The first-order valence-corrected chi connectivity index (χ1v) is 8.80. The molecule has 2 rings (SSSR count). The lowest BCUT2D eigenvalue weighted by molar-refractivity contribution is 0.534. The second-order valence-electron chi connectivity index (χ2n) is 5.36. The summed E-state index contributed by atoms with van der Waals surface area (Å²) in [6, 6.07) is 6.78. The van der Waals surface area contributed by atoms with Crippen LogP contribution in [-0.2, 0) is 23.6 Å². The van der Waals surface area contributed by atoms with E-state index in [9.17, 15) is 4.21 Å². The second kappa shape index (κ2) is 7.20. The van der Waals surface area contributed by atoms with Gasteiger partial charge < -0.3 is 5.32 Å². The Bertz CT molecular complexity index is 444. The van der Waals surface area contributed by atoms with Crippen LogP contribution < -0.4 is 5.32 Å². The van der Waals surface area contributed by atoms with E-state index in [1.54, 1.807) is 0 Å². The molecule has 2 unspecified atom stereocenters. The molecule has 19 heavy (non-hydrogen) atoms. The zero-order valence-electron chi connectivity index (χ0n) is 12.1. The summed E-state index contributed by atoms with van der Waals surface area (Å²) in [7, 11) is -0.872. The van der Waals surface area contributed by atoms with E-state index in [0.717, 1.165) is 36.5 Å². The topological polar surface area (TPSA) is 29.1 Å². The van der Waals surface area contributed by atoms with Gasteiger partial charge in [-0.2, -0.15) is 0 Å². The minimum absolute atomic E-state index is 0.369. The Morgan fingerprint density at radius 1 is 1.26 bits per heavy atom. The molecular weight excluding hydrogens is 254 g/mol. The lowest BCUT2D eigenvalue weighted by Gasteiger charge is -2.16. The molecule has 0 saturated heterocycles. The third-order valence-corrected chi connectivity index (χ3v) is 5.35. The number of fused-ring (bicyclic) bond motifs is 1. The van der Waals surface area contributed by atoms with Crippen LogP contribution in [-0.4, -0.2) is 22.5 Å². The Hall–Kier alpha value is -0.670. The fourth-order valence-electron chi connectivity index (χ4n) is 2.64. The van der Waals surface area contributed by atoms with Gasteiger partial charge in [0.1, 0.15) is 0 Å². The first-order chi connectivity index (χ1) is 9.24. The molecule has 1 N–H and O–H groups in total. The van der Waals surface area contributed by atoms with Crippen LogP contribution in [0.3, 0.4) is 0 Å². The number of aryl methyl sites for hydroxylation is 2. The van der Waals surface area contributed by atoms with Crippen LogP contribution >= 0.6 is 0 Å². The Morgan fingerprint density at radius 3 is 2.79 bits per heavy atom. The van der Waals surface area contributed by atoms with Crippen LogP contribution in [0, 0.1) is 0 Å². The Labute approximate surface area is 119 Å². The monoisotopic (exact) mass is 279 g/mol. The molecule has 0 aromatic heterocycles. The Kier molecular flexibility index (Phi) is 5.59. The molecule has 106 valence electrons. The van der Waals surface area contributed by atoms with Gasteiger partial charge in [-0.25, -0.2) is 0 Å². The molecule has 0 aliphatic heterocycles. The van der Waals surface area contributed by atoms with E-state index in [1.165, 1.54) is 24.0 Å². The van der Waals surface area contributed by atoms with Crippen LogP contribution in [0.1, 0.15) is 44.2 Å². The maximum Gasteiger partial charge on any atom is 0.0545 e. The SMILES string of the molecule is CCCNC(CC)CS(=O)c1ccc2c(c1)CCC2. The number of nitrogens with one attached hydrogen (secondary N) is 1. The predicted molar refractivity (Wildman–Crippen MR) is 82.1 cm³/mol. The summed E-state index contributed by atoms with van der Waals surface area (Å²) in [5, 5.41) is 3.48. The fourth-order valence-corrected chi connectivity index (χ4v) is 4.04. The lowest BCUT2D eigenvalue weighted by Crippen LogP contribution is -2.34. The second-order valence-corrected chi connectivity index (χ2v) is 6.85. The van der Waals surface area contributed by atoms with Crippen molar-refractivity contribution in [3.8, 4) is 0 Å². The molecule has 0 amide bonds. The van der Waals surface area contributed by atoms with Gasteiger partial charge in [-0.05, 0) is 61.9 Å². The molecule has 2 atom stereocenters. The highest BCUT2D eigenvalue weighted by atomic mass is 32.2. The quantitative estimate of drug-likeness (QED) is 0.831. The number of hydrogen-bond donors (Lipinski definition) is 1. The van der Waals surface area contributed by atoms with Crippen molar-refractivity contribution in [1.29, 1.82) is 0 Å². The van der Waals surface area contributed by atoms with Gasteiger partial charge in [0.15, 0.2) is 0 Å². The molecule has 0 fully saturated rings. The molecule has 0 radical (unpaired) electrons. The van der Waals surface area contributed by atoms with Gasteiger partial charge in [-0.1, -0.05) is 19.9 Å². The molecule has 1 aromatic rings. The van der Waals surface area contributed by atoms with Gasteiger partial charge in [0.25, 0.3) is 0 Å². The molecule has 1 aliphatic rings. The first kappa shape index (κ1) is 14.7. The largest absolute Gasteiger partial charge is 0.313 e. The summed E-state index contributed by atoms with van der Waals surface area (Å²) in [5.41, 5.74) is 2.87. The van der Waals surface area contributed by atoms with Crippen molar-refractivity contribution in [2.24, 2.45) is 0 Å². The maximum atomic E-state index is 12.4. The predicted octanol–water partition coefficient (Wildman–Crippen LogP) is 3.06. The molecule has 0 spiro atoms. The van der Waals surface area contributed by atoms with Crippen LogP contribution in [0.5, 0.6) is 0 Å². The standard InChI is InChI=1S/C16H25NOS/c1-3-10-17-15(4-2)12-19(18)16-9-8-13-6-5-7-14(13)11-16/h8-9,11,15,17H,3-7,10,12H2,1-2H3. The van der Waals surface area contributed by atoms with E-state index in [0.29, 0.717) is 6.04 Å². The van der Waals surface area contributed by atoms with Gasteiger partial charge in [0.2, 0.25) is 0 Å². The first-order valence-electron chi connectivity index (χ1n) is 7.48. The summed E-state index contributed by atoms with van der Waals surface area (Å²) in [6.07, 6.45) is 5.77. The van der Waals surface area contributed by atoms with Gasteiger partial charge in [0.05, 0.1) is 10.8 Å². The van der Waals surface area contributed by atoms with Gasteiger partial charge in [0, 0.05) is 16.7 Å². The van der Waals surface area contributed by atoms with Crippen molar-refractivity contribution in [3.63, 3.8) is 0 Å². The van der Waals surface area contributed by atoms with Crippen molar-refractivity contribution >= 4 is 10.8 Å². The van der Waals surface area contributed by atoms with E-state index in [2.05, 4.69) is 37.4 Å². The minimum Gasteiger partial charge on any atom is -0.313 e. The highest BCUT2D eigenvalue weighted by molar-refractivity contribution is 7.85. The van der Waals surface area contributed by atoms with Crippen LogP contribution in [0.15, 0.2) is 23.1 Å². The zero-order valence-corrected chi connectivity index (χ0v) is 12.9. The summed E-state index contributed by atoms with van der Waals surface area (Å²) in [6.45, 7) is 5.34. The molecular formula is C16H25NOS. The van der Waals surface area contributed by atoms with Crippen molar-refractivity contribution in [1.82, 2.24) is 5.32 Å². The number of rotatable bonds is 7. The van der Waals surface area contributed by atoms with E-state index in [4.69, 9.17) is 0 Å². The smallest absolute Gasteiger partial charge is 0.0545 e. The molecule has 1 aliphatic carbocycles. The summed E-state index contributed by atoms with van der Waals surface area (Å²) < 4.78 is 12.4. The molecule has 1 aromatic carbocycles. The van der Waals surface area contributed by atoms with E-state index < -0.39 is 10.8 Å². The van der Waals surface area contributed by atoms with E-state index >= 15 is 0 Å². The number of benzene rings is 1. The molecule has 3 heteroatoms. The fraction of sp³-hybridized carbons (Fsp3) is 0.625. The third kappa shape index (κ3) is 3.90. The Morgan fingerprint density at radius 2 is 2.05 bits per heavy atom. The lowest BCUT2D eigenvalue weighted by atomic mass is 10.1. The average molecular weight is 279 g/mol. The Balaban J connectivity index is 1.99. The van der Waals surface area contributed by atoms with Crippen molar-refractivity contribution < 1.29 is 4.21 Å². The van der Waals surface area contributed by atoms with Gasteiger partial charge in [-0.15, -0.1) is 0 Å². The van der Waals surface area contributed by atoms with E-state index in [-0.39, 0.29) is 0 Å². The molecule has 0 saturated carbocycles. The van der Waals surface area contributed by atoms with Gasteiger partial charge in [-0.3, -0.25) is 4.21 Å². The summed E-state index contributed by atoms with van der Waals surface area (Å²) in [5.74, 6) is 0.731. The van der Waals surface area contributed by atoms with Crippen molar-refractivity contribution in [3.05, 3.63) is 29.3 Å². The molecule has 0 bridgehead atoms. The van der Waals surface area contributed by atoms with Gasteiger partial charge >= 0.3 is 0 Å². The zero-order chi connectivity index (χ0) is 13.7. The van der Waals surface area contributed by atoms with Crippen molar-refractivity contribution in [2.75, 3.05) is 12.3 Å².